The molecule has 0 saturated heterocycles. The van der Waals surface area contributed by atoms with Gasteiger partial charge < -0.3 is 24.3 Å². The molecule has 7 heteroatoms. The van der Waals surface area contributed by atoms with Gasteiger partial charge in [0.1, 0.15) is 26.4 Å². The van der Waals surface area contributed by atoms with Gasteiger partial charge in [0, 0.05) is 11.4 Å². The molecule has 0 atom stereocenters. The zero-order valence-corrected chi connectivity index (χ0v) is 15.0. The van der Waals surface area contributed by atoms with E-state index in [4.69, 9.17) is 18.9 Å². The van der Waals surface area contributed by atoms with Crippen LogP contribution in [0.2, 0.25) is 0 Å². The minimum absolute atomic E-state index is 0.0280. The van der Waals surface area contributed by atoms with Gasteiger partial charge in [-0.25, -0.2) is 0 Å². The van der Waals surface area contributed by atoms with Crippen molar-refractivity contribution < 1.29 is 23.7 Å². The van der Waals surface area contributed by atoms with Crippen LogP contribution in [0.1, 0.15) is 5.56 Å². The van der Waals surface area contributed by atoms with E-state index in [0.29, 0.717) is 38.7 Å². The molecule has 1 N–H and O–H groups in total. The Morgan fingerprint density at radius 2 is 1.46 bits per heavy atom. The highest BCUT2D eigenvalue weighted by Crippen LogP contribution is 2.34. The summed E-state index contributed by atoms with van der Waals surface area (Å²) in [6.07, 6.45) is 0. The Morgan fingerprint density at radius 1 is 0.846 bits per heavy atom. The summed E-state index contributed by atoms with van der Waals surface area (Å²) in [5.74, 6) is 3.28. The highest BCUT2D eigenvalue weighted by molar-refractivity contribution is 8.00. The van der Waals surface area contributed by atoms with Crippen molar-refractivity contribution in [2.24, 2.45) is 0 Å². The molecule has 2 aromatic rings. The molecule has 136 valence electrons. The normalized spacial score (nSPS) is 14.6. The van der Waals surface area contributed by atoms with Gasteiger partial charge in [0.15, 0.2) is 23.0 Å². The van der Waals surface area contributed by atoms with Crippen molar-refractivity contribution in [1.82, 2.24) is 5.32 Å². The van der Waals surface area contributed by atoms with Crippen LogP contribution in [-0.2, 0) is 11.3 Å². The standard InChI is InChI=1S/C19H19NO5S/c21-19(12-26-14-2-4-16-18(10-14)25-8-6-23-16)20-11-13-1-3-15-17(9-13)24-7-5-22-15/h1-4,9-10H,5-8,11-12H2,(H,20,21). The monoisotopic (exact) mass is 373 g/mol. The summed E-state index contributed by atoms with van der Waals surface area (Å²) in [4.78, 5) is 13.1. The second kappa shape index (κ2) is 7.78. The average molecular weight is 373 g/mol. The van der Waals surface area contributed by atoms with E-state index >= 15 is 0 Å². The number of rotatable bonds is 5. The maximum absolute atomic E-state index is 12.1. The fraction of sp³-hybridized carbons (Fsp3) is 0.316. The summed E-state index contributed by atoms with van der Waals surface area (Å²) >= 11 is 1.47. The van der Waals surface area contributed by atoms with Crippen LogP contribution < -0.4 is 24.3 Å². The van der Waals surface area contributed by atoms with Gasteiger partial charge in [-0.15, -0.1) is 11.8 Å². The van der Waals surface area contributed by atoms with E-state index in [2.05, 4.69) is 5.32 Å². The van der Waals surface area contributed by atoms with E-state index in [1.807, 2.05) is 36.4 Å². The maximum atomic E-state index is 12.1. The zero-order valence-electron chi connectivity index (χ0n) is 14.2. The number of benzene rings is 2. The molecule has 0 aliphatic carbocycles. The van der Waals surface area contributed by atoms with Crippen molar-refractivity contribution in [2.45, 2.75) is 11.4 Å². The third-order valence-electron chi connectivity index (χ3n) is 3.98. The van der Waals surface area contributed by atoms with Crippen LogP contribution in [0.15, 0.2) is 41.3 Å². The summed E-state index contributed by atoms with van der Waals surface area (Å²) in [7, 11) is 0. The smallest absolute Gasteiger partial charge is 0.230 e. The lowest BCUT2D eigenvalue weighted by Crippen LogP contribution is -2.24. The van der Waals surface area contributed by atoms with Crippen LogP contribution in [0.4, 0.5) is 0 Å². The molecular formula is C19H19NO5S. The van der Waals surface area contributed by atoms with Crippen LogP contribution in [0.3, 0.4) is 0 Å². The van der Waals surface area contributed by atoms with Gasteiger partial charge >= 0.3 is 0 Å². The number of nitrogens with one attached hydrogen (secondary N) is 1. The van der Waals surface area contributed by atoms with Crippen LogP contribution >= 0.6 is 11.8 Å². The summed E-state index contributed by atoms with van der Waals surface area (Å²) in [5, 5.41) is 2.93. The third kappa shape index (κ3) is 3.99. The molecule has 2 aliphatic rings. The van der Waals surface area contributed by atoms with Gasteiger partial charge in [-0.05, 0) is 35.9 Å². The molecule has 6 nitrogen and oxygen atoms in total. The first-order valence-electron chi connectivity index (χ1n) is 8.45. The Morgan fingerprint density at radius 3 is 2.19 bits per heavy atom. The van der Waals surface area contributed by atoms with Gasteiger partial charge in [-0.2, -0.15) is 0 Å². The highest BCUT2D eigenvalue weighted by Gasteiger charge is 2.14. The molecule has 26 heavy (non-hydrogen) atoms. The summed E-state index contributed by atoms with van der Waals surface area (Å²) in [5.41, 5.74) is 0.979. The minimum Gasteiger partial charge on any atom is -0.486 e. The molecule has 2 heterocycles. The van der Waals surface area contributed by atoms with Gasteiger partial charge in [0.05, 0.1) is 5.75 Å². The van der Waals surface area contributed by atoms with Crippen molar-refractivity contribution in [2.75, 3.05) is 32.2 Å². The van der Waals surface area contributed by atoms with Crippen LogP contribution in [0, 0.1) is 0 Å². The predicted molar refractivity (Wildman–Crippen MR) is 97.4 cm³/mol. The summed E-state index contributed by atoms with van der Waals surface area (Å²) < 4.78 is 22.1. The molecule has 1 amide bonds. The summed E-state index contributed by atoms with van der Waals surface area (Å²) in [6, 6.07) is 11.4. The predicted octanol–water partition coefficient (Wildman–Crippen LogP) is 2.64. The molecule has 2 aliphatic heterocycles. The minimum atomic E-state index is -0.0280. The van der Waals surface area contributed by atoms with Crippen molar-refractivity contribution in [3.8, 4) is 23.0 Å². The second-order valence-electron chi connectivity index (χ2n) is 5.85. The zero-order chi connectivity index (χ0) is 17.8. The Bertz CT molecular complexity index is 745. The van der Waals surface area contributed by atoms with Crippen molar-refractivity contribution in [3.05, 3.63) is 42.0 Å². The second-order valence-corrected chi connectivity index (χ2v) is 6.90. The first-order chi connectivity index (χ1) is 12.8. The molecule has 0 saturated carbocycles. The SMILES string of the molecule is O=C(CSc1ccc2c(c1)OCCO2)NCc1ccc2c(c1)OCCO2. The Kier molecular flexibility index (Phi) is 5.06. The quantitative estimate of drug-likeness (QED) is 0.813. The maximum Gasteiger partial charge on any atom is 0.230 e. The lowest BCUT2D eigenvalue weighted by Gasteiger charge is -2.19. The number of ether oxygens (including phenoxy) is 4. The number of thioether (sulfide) groups is 1. The summed E-state index contributed by atoms with van der Waals surface area (Å²) in [6.45, 7) is 2.70. The Labute approximate surface area is 155 Å². The Balaban J connectivity index is 1.28. The van der Waals surface area contributed by atoms with Gasteiger partial charge in [0.2, 0.25) is 5.91 Å². The van der Waals surface area contributed by atoms with Crippen LogP contribution in [0.25, 0.3) is 0 Å². The van der Waals surface area contributed by atoms with E-state index < -0.39 is 0 Å². The molecule has 0 unspecified atom stereocenters. The van der Waals surface area contributed by atoms with Crippen LogP contribution in [-0.4, -0.2) is 38.1 Å². The lowest BCUT2D eigenvalue weighted by molar-refractivity contribution is -0.118. The number of hydrogen-bond donors (Lipinski definition) is 1. The van der Waals surface area contributed by atoms with Crippen molar-refractivity contribution in [1.29, 1.82) is 0 Å². The molecule has 0 fully saturated rings. The van der Waals surface area contributed by atoms with E-state index in [1.165, 1.54) is 11.8 Å². The highest BCUT2D eigenvalue weighted by atomic mass is 32.2. The largest absolute Gasteiger partial charge is 0.486 e. The van der Waals surface area contributed by atoms with Gasteiger partial charge in [0.25, 0.3) is 0 Å². The molecule has 0 bridgehead atoms. The molecule has 2 aromatic carbocycles. The molecule has 0 spiro atoms. The van der Waals surface area contributed by atoms with E-state index in [9.17, 15) is 4.79 Å². The van der Waals surface area contributed by atoms with Gasteiger partial charge in [-0.3, -0.25) is 4.79 Å². The first-order valence-corrected chi connectivity index (χ1v) is 9.44. The van der Waals surface area contributed by atoms with Gasteiger partial charge in [-0.1, -0.05) is 6.07 Å². The third-order valence-corrected chi connectivity index (χ3v) is 4.97. The molecular weight excluding hydrogens is 354 g/mol. The topological polar surface area (TPSA) is 66.0 Å². The fourth-order valence-electron chi connectivity index (χ4n) is 2.71. The number of carbonyl (C=O) groups excluding carboxylic acids is 1. The number of amides is 1. The van der Waals surface area contributed by atoms with E-state index in [-0.39, 0.29) is 5.91 Å². The number of fused-ring (bicyclic) bond motifs is 2. The number of carbonyl (C=O) groups is 1. The molecule has 0 radical (unpaired) electrons. The average Bonchev–Trinajstić information content (AvgIpc) is 2.70. The van der Waals surface area contributed by atoms with E-state index in [1.54, 1.807) is 0 Å². The lowest BCUT2D eigenvalue weighted by atomic mass is 10.2. The van der Waals surface area contributed by atoms with Crippen LogP contribution in [0.5, 0.6) is 23.0 Å². The van der Waals surface area contributed by atoms with E-state index in [0.717, 1.165) is 33.5 Å². The fourth-order valence-corrected chi connectivity index (χ4v) is 3.47. The number of hydrogen-bond acceptors (Lipinski definition) is 6. The van der Waals surface area contributed by atoms with Crippen molar-refractivity contribution in [3.63, 3.8) is 0 Å². The van der Waals surface area contributed by atoms with Crippen molar-refractivity contribution >= 4 is 17.7 Å². The molecule has 4 rings (SSSR count). The Hall–Kier alpha value is -2.54. The molecule has 0 aromatic heterocycles. The first kappa shape index (κ1) is 16.9.